The highest BCUT2D eigenvalue weighted by Crippen LogP contribution is 2.37. The molecule has 1 N–H and O–H groups in total. The number of nitrogens with zero attached hydrogens (tertiary/aromatic N) is 5. The van der Waals surface area contributed by atoms with Gasteiger partial charge in [0.05, 0.1) is 22.8 Å². The Morgan fingerprint density at radius 2 is 2.04 bits per heavy atom. The average molecular weight is 407 g/mol. The molecule has 0 atom stereocenters. The van der Waals surface area contributed by atoms with E-state index in [0.717, 1.165) is 41.7 Å². The average Bonchev–Trinajstić information content (AvgIpc) is 3.34. The van der Waals surface area contributed by atoms with Gasteiger partial charge < -0.3 is 5.32 Å². The number of hydrogen-bond acceptors (Lipinski definition) is 8. The van der Waals surface area contributed by atoms with Crippen molar-refractivity contribution in [2.75, 3.05) is 11.6 Å². The molecule has 0 spiro atoms. The maximum absolute atomic E-state index is 11.6. The number of nitrogens with one attached hydrogen (secondary N) is 1. The molecule has 0 aromatic carbocycles. The zero-order chi connectivity index (χ0) is 19.0. The van der Waals surface area contributed by atoms with Crippen LogP contribution >= 0.6 is 11.3 Å². The smallest absolute Gasteiger partial charge is 0.159 e. The third kappa shape index (κ3) is 3.81. The summed E-state index contributed by atoms with van der Waals surface area (Å²) in [6, 6.07) is 0.419. The molecule has 4 rings (SSSR count). The van der Waals surface area contributed by atoms with Crippen LogP contribution in [0.5, 0.6) is 0 Å². The molecule has 0 radical (unpaired) electrons. The van der Waals surface area contributed by atoms with Crippen LogP contribution in [0.4, 0.5) is 5.69 Å². The van der Waals surface area contributed by atoms with Crippen molar-refractivity contribution in [1.82, 2.24) is 25.0 Å². The minimum absolute atomic E-state index is 0.0977. The summed E-state index contributed by atoms with van der Waals surface area (Å²) in [7, 11) is -3.15. The number of sulfone groups is 1. The topological polar surface area (TPSA) is 103 Å². The summed E-state index contributed by atoms with van der Waals surface area (Å²) in [4.78, 5) is 4.59. The lowest BCUT2D eigenvalue weighted by atomic mass is 10.1. The molecule has 0 unspecified atom stereocenters. The fourth-order valence-electron chi connectivity index (χ4n) is 3.50. The predicted octanol–water partition coefficient (Wildman–Crippen LogP) is 2.87. The molecule has 3 heterocycles. The van der Waals surface area contributed by atoms with Gasteiger partial charge in [-0.15, -0.1) is 10.2 Å². The second kappa shape index (κ2) is 7.16. The van der Waals surface area contributed by atoms with Gasteiger partial charge in [-0.25, -0.2) is 18.1 Å². The molecular formula is C17H22N6O2S2. The molecule has 10 heteroatoms. The number of aromatic nitrogens is 5. The van der Waals surface area contributed by atoms with Crippen molar-refractivity contribution in [3.8, 4) is 10.6 Å². The summed E-state index contributed by atoms with van der Waals surface area (Å²) < 4.78 is 25.0. The SMILES string of the molecule is CCn1ncc2c(NC3CCCC3)c(-c3nnc(CS(C)(=O)=O)s3)cnc21. The lowest BCUT2D eigenvalue weighted by molar-refractivity contribution is 0.600. The summed E-state index contributed by atoms with van der Waals surface area (Å²) >= 11 is 1.30. The first kappa shape index (κ1) is 18.3. The molecule has 27 heavy (non-hydrogen) atoms. The molecule has 3 aromatic heterocycles. The molecule has 1 fully saturated rings. The Labute approximate surface area is 161 Å². The highest BCUT2D eigenvalue weighted by Gasteiger charge is 2.22. The van der Waals surface area contributed by atoms with E-state index in [4.69, 9.17) is 0 Å². The van der Waals surface area contributed by atoms with E-state index >= 15 is 0 Å². The van der Waals surface area contributed by atoms with E-state index in [2.05, 4.69) is 25.6 Å². The zero-order valence-electron chi connectivity index (χ0n) is 15.3. The van der Waals surface area contributed by atoms with Gasteiger partial charge >= 0.3 is 0 Å². The molecule has 8 nitrogen and oxygen atoms in total. The Morgan fingerprint density at radius 3 is 2.74 bits per heavy atom. The molecule has 144 valence electrons. The fraction of sp³-hybridized carbons (Fsp3) is 0.529. The fourth-order valence-corrected chi connectivity index (χ4v) is 5.53. The maximum atomic E-state index is 11.6. The van der Waals surface area contributed by atoms with Crippen molar-refractivity contribution in [2.45, 2.75) is 50.9 Å². The first-order valence-corrected chi connectivity index (χ1v) is 11.9. The molecule has 1 aliphatic rings. The van der Waals surface area contributed by atoms with Crippen molar-refractivity contribution in [3.05, 3.63) is 17.4 Å². The number of rotatable bonds is 6. The van der Waals surface area contributed by atoms with Crippen molar-refractivity contribution in [2.24, 2.45) is 0 Å². The minimum Gasteiger partial charge on any atom is -0.381 e. The van der Waals surface area contributed by atoms with Crippen LogP contribution in [0, 0.1) is 0 Å². The van der Waals surface area contributed by atoms with Crippen LogP contribution in [0.3, 0.4) is 0 Å². The molecule has 3 aromatic rings. The Hall–Kier alpha value is -2.07. The maximum Gasteiger partial charge on any atom is 0.159 e. The minimum atomic E-state index is -3.15. The second-order valence-electron chi connectivity index (χ2n) is 6.94. The van der Waals surface area contributed by atoms with Crippen molar-refractivity contribution >= 4 is 37.9 Å². The van der Waals surface area contributed by atoms with Gasteiger partial charge in [0, 0.05) is 25.0 Å². The lowest BCUT2D eigenvalue weighted by Gasteiger charge is -2.17. The summed E-state index contributed by atoms with van der Waals surface area (Å²) in [6.45, 7) is 2.78. The van der Waals surface area contributed by atoms with E-state index in [9.17, 15) is 8.42 Å². The van der Waals surface area contributed by atoms with Crippen LogP contribution in [0.2, 0.25) is 0 Å². The van der Waals surface area contributed by atoms with E-state index in [-0.39, 0.29) is 5.75 Å². The van der Waals surface area contributed by atoms with Gasteiger partial charge in [0.2, 0.25) is 0 Å². The highest BCUT2D eigenvalue weighted by atomic mass is 32.2. The van der Waals surface area contributed by atoms with Crippen molar-refractivity contribution in [1.29, 1.82) is 0 Å². The van der Waals surface area contributed by atoms with Gasteiger partial charge in [0.25, 0.3) is 0 Å². The van der Waals surface area contributed by atoms with Crippen molar-refractivity contribution < 1.29 is 8.42 Å². The quantitative estimate of drug-likeness (QED) is 0.671. The monoisotopic (exact) mass is 406 g/mol. The molecule has 0 amide bonds. The third-order valence-corrected chi connectivity index (χ3v) is 6.69. The van der Waals surface area contributed by atoms with Crippen molar-refractivity contribution in [3.63, 3.8) is 0 Å². The van der Waals surface area contributed by atoms with Gasteiger partial charge in [-0.3, -0.25) is 0 Å². The molecule has 0 aliphatic heterocycles. The Morgan fingerprint density at radius 1 is 1.26 bits per heavy atom. The van der Waals surface area contributed by atoms with Crippen LogP contribution in [0.15, 0.2) is 12.4 Å². The van der Waals surface area contributed by atoms with Crippen LogP contribution in [0.1, 0.15) is 37.6 Å². The second-order valence-corrected chi connectivity index (χ2v) is 10.1. The number of anilines is 1. The number of fused-ring (bicyclic) bond motifs is 1. The van der Waals surface area contributed by atoms with E-state index in [0.29, 0.717) is 16.1 Å². The van der Waals surface area contributed by atoms with Gasteiger partial charge in [0.1, 0.15) is 10.8 Å². The first-order valence-electron chi connectivity index (χ1n) is 9.06. The summed E-state index contributed by atoms with van der Waals surface area (Å²) in [5.41, 5.74) is 2.65. The number of aryl methyl sites for hydroxylation is 1. The predicted molar refractivity (Wildman–Crippen MR) is 107 cm³/mol. The van der Waals surface area contributed by atoms with Crippen LogP contribution in [-0.4, -0.2) is 45.7 Å². The molecule has 0 bridgehead atoms. The molecule has 1 aliphatic carbocycles. The Balaban J connectivity index is 1.79. The molecular weight excluding hydrogens is 384 g/mol. The summed E-state index contributed by atoms with van der Waals surface area (Å²) in [5, 5.41) is 18.5. The molecule has 1 saturated carbocycles. The number of hydrogen-bond donors (Lipinski definition) is 1. The van der Waals surface area contributed by atoms with Crippen LogP contribution < -0.4 is 5.32 Å². The largest absolute Gasteiger partial charge is 0.381 e. The van der Waals surface area contributed by atoms with E-state index < -0.39 is 9.84 Å². The Kier molecular flexibility index (Phi) is 4.85. The highest BCUT2D eigenvalue weighted by molar-refractivity contribution is 7.90. The van der Waals surface area contributed by atoms with Crippen LogP contribution in [0.25, 0.3) is 21.6 Å². The molecule has 0 saturated heterocycles. The zero-order valence-corrected chi connectivity index (χ0v) is 17.0. The third-order valence-electron chi connectivity index (χ3n) is 4.75. The van der Waals surface area contributed by atoms with Gasteiger partial charge in [-0.1, -0.05) is 24.2 Å². The van der Waals surface area contributed by atoms with Gasteiger partial charge in [0.15, 0.2) is 20.5 Å². The normalized spacial score (nSPS) is 15.6. The van der Waals surface area contributed by atoms with Gasteiger partial charge in [-0.05, 0) is 19.8 Å². The summed E-state index contributed by atoms with van der Waals surface area (Å²) in [5.74, 6) is -0.0977. The van der Waals surface area contributed by atoms with E-state index in [1.54, 1.807) is 6.20 Å². The summed E-state index contributed by atoms with van der Waals surface area (Å²) in [6.07, 6.45) is 9.57. The van der Waals surface area contributed by atoms with E-state index in [1.165, 1.54) is 30.4 Å². The number of pyridine rings is 1. The van der Waals surface area contributed by atoms with Crippen LogP contribution in [-0.2, 0) is 22.1 Å². The standard InChI is InChI=1S/C17H22N6O2S2/c1-3-23-16-12(9-19-23)15(20-11-6-4-5-7-11)13(8-18-16)17-22-21-14(26-17)10-27(2,24)25/h8-9,11H,3-7,10H2,1-2H3,(H,18,20). The first-order chi connectivity index (χ1) is 12.9. The van der Waals surface area contributed by atoms with E-state index in [1.807, 2.05) is 17.8 Å². The Bertz CT molecular complexity index is 1070. The lowest BCUT2D eigenvalue weighted by Crippen LogP contribution is -2.15. The van der Waals surface area contributed by atoms with Gasteiger partial charge in [-0.2, -0.15) is 5.10 Å².